The summed E-state index contributed by atoms with van der Waals surface area (Å²) < 4.78 is 16.1. The molecule has 8 heteroatoms. The summed E-state index contributed by atoms with van der Waals surface area (Å²) in [6, 6.07) is 0. The van der Waals surface area contributed by atoms with E-state index in [0.717, 1.165) is 6.42 Å². The van der Waals surface area contributed by atoms with E-state index in [2.05, 4.69) is 19.9 Å². The van der Waals surface area contributed by atoms with Gasteiger partial charge in [-0.3, -0.25) is 4.79 Å². The Bertz CT molecular complexity index is 694. The van der Waals surface area contributed by atoms with Crippen molar-refractivity contribution in [2.45, 2.75) is 19.4 Å². The van der Waals surface area contributed by atoms with Crippen molar-refractivity contribution in [3.8, 4) is 11.8 Å². The molecule has 1 fully saturated rings. The highest BCUT2D eigenvalue weighted by Crippen LogP contribution is 2.25. The summed E-state index contributed by atoms with van der Waals surface area (Å²) in [6.45, 7) is 2.82. The van der Waals surface area contributed by atoms with Crippen LogP contribution in [0.1, 0.15) is 12.2 Å². The SMILES string of the molecule is COc1nc2nc(C)[nH]c(=O)c2nc1O[C@H]1CCOC1. The van der Waals surface area contributed by atoms with Gasteiger partial charge >= 0.3 is 0 Å². The number of rotatable bonds is 3. The summed E-state index contributed by atoms with van der Waals surface area (Å²) in [5.74, 6) is 0.866. The molecular formula is C12H14N4O4. The molecule has 106 valence electrons. The second-order valence-corrected chi connectivity index (χ2v) is 4.47. The molecule has 0 amide bonds. The van der Waals surface area contributed by atoms with E-state index in [4.69, 9.17) is 14.2 Å². The van der Waals surface area contributed by atoms with Crippen LogP contribution in [0.4, 0.5) is 0 Å². The Morgan fingerprint density at radius 3 is 2.85 bits per heavy atom. The number of aromatic amines is 1. The van der Waals surface area contributed by atoms with Crippen LogP contribution < -0.4 is 15.0 Å². The van der Waals surface area contributed by atoms with Crippen LogP contribution in [0, 0.1) is 6.92 Å². The van der Waals surface area contributed by atoms with Gasteiger partial charge in [0, 0.05) is 6.42 Å². The lowest BCUT2D eigenvalue weighted by atomic mass is 10.3. The Kier molecular flexibility index (Phi) is 3.23. The standard InChI is InChI=1S/C12H14N4O4/c1-6-13-9-8(10(17)14-6)15-12(11(16-9)18-2)20-7-3-4-19-5-7/h7H,3-5H2,1-2H3,(H,13,14,16,17)/t7-/m0/s1. The second-order valence-electron chi connectivity index (χ2n) is 4.47. The number of aromatic nitrogens is 4. The Morgan fingerprint density at radius 2 is 2.15 bits per heavy atom. The minimum Gasteiger partial charge on any atom is -0.477 e. The number of hydrogen-bond acceptors (Lipinski definition) is 7. The van der Waals surface area contributed by atoms with Crippen LogP contribution in [0.25, 0.3) is 11.2 Å². The highest BCUT2D eigenvalue weighted by Gasteiger charge is 2.22. The maximum absolute atomic E-state index is 11.9. The summed E-state index contributed by atoms with van der Waals surface area (Å²) in [6.07, 6.45) is 0.666. The van der Waals surface area contributed by atoms with Gasteiger partial charge < -0.3 is 19.2 Å². The van der Waals surface area contributed by atoms with Crippen LogP contribution in [-0.4, -0.2) is 46.4 Å². The Hall–Kier alpha value is -2.22. The zero-order chi connectivity index (χ0) is 14.1. The monoisotopic (exact) mass is 278 g/mol. The molecule has 0 aromatic carbocycles. The van der Waals surface area contributed by atoms with Gasteiger partial charge in [0.1, 0.15) is 11.9 Å². The first-order valence-electron chi connectivity index (χ1n) is 6.24. The molecule has 0 aliphatic carbocycles. The Balaban J connectivity index is 2.08. The van der Waals surface area contributed by atoms with Gasteiger partial charge in [-0.1, -0.05) is 0 Å². The number of fused-ring (bicyclic) bond motifs is 1. The van der Waals surface area contributed by atoms with Crippen molar-refractivity contribution in [3.63, 3.8) is 0 Å². The quantitative estimate of drug-likeness (QED) is 0.855. The van der Waals surface area contributed by atoms with E-state index < -0.39 is 0 Å². The van der Waals surface area contributed by atoms with E-state index in [0.29, 0.717) is 19.0 Å². The van der Waals surface area contributed by atoms with E-state index in [-0.39, 0.29) is 34.6 Å². The van der Waals surface area contributed by atoms with E-state index in [9.17, 15) is 4.79 Å². The van der Waals surface area contributed by atoms with E-state index in [1.54, 1.807) is 6.92 Å². The van der Waals surface area contributed by atoms with Gasteiger partial charge in [-0.15, -0.1) is 0 Å². The second kappa shape index (κ2) is 5.04. The van der Waals surface area contributed by atoms with Gasteiger partial charge in [0.2, 0.25) is 0 Å². The molecule has 1 atom stereocenters. The average Bonchev–Trinajstić information content (AvgIpc) is 2.91. The summed E-state index contributed by atoms with van der Waals surface area (Å²) >= 11 is 0. The molecule has 20 heavy (non-hydrogen) atoms. The van der Waals surface area contributed by atoms with E-state index in [1.807, 2.05) is 0 Å². The van der Waals surface area contributed by atoms with Crippen LogP contribution in [0.15, 0.2) is 4.79 Å². The fraction of sp³-hybridized carbons (Fsp3) is 0.500. The lowest BCUT2D eigenvalue weighted by molar-refractivity contribution is 0.134. The normalized spacial score (nSPS) is 18.4. The van der Waals surface area contributed by atoms with Crippen molar-refractivity contribution in [2.24, 2.45) is 0 Å². The maximum Gasteiger partial charge on any atom is 0.279 e. The number of nitrogens with zero attached hydrogens (tertiary/aromatic N) is 3. The molecule has 0 saturated carbocycles. The van der Waals surface area contributed by atoms with Crippen molar-refractivity contribution in [2.75, 3.05) is 20.3 Å². The first-order valence-corrected chi connectivity index (χ1v) is 6.24. The van der Waals surface area contributed by atoms with Gasteiger partial charge in [-0.2, -0.15) is 9.97 Å². The van der Waals surface area contributed by atoms with Gasteiger partial charge in [0.25, 0.3) is 17.3 Å². The van der Waals surface area contributed by atoms with Gasteiger partial charge in [0.05, 0.1) is 20.3 Å². The molecule has 3 rings (SSSR count). The maximum atomic E-state index is 11.9. The van der Waals surface area contributed by atoms with Gasteiger partial charge in [0.15, 0.2) is 11.2 Å². The summed E-state index contributed by atoms with van der Waals surface area (Å²) in [7, 11) is 1.47. The number of H-pyrrole nitrogens is 1. The summed E-state index contributed by atoms with van der Waals surface area (Å²) in [5, 5.41) is 0. The van der Waals surface area contributed by atoms with Crippen LogP contribution in [-0.2, 0) is 4.74 Å². The number of aryl methyl sites for hydroxylation is 1. The molecule has 1 aliphatic heterocycles. The molecule has 1 N–H and O–H groups in total. The lowest BCUT2D eigenvalue weighted by Crippen LogP contribution is -2.19. The zero-order valence-electron chi connectivity index (χ0n) is 11.2. The van der Waals surface area contributed by atoms with E-state index in [1.165, 1.54) is 7.11 Å². The number of methoxy groups -OCH3 is 1. The molecule has 1 saturated heterocycles. The minimum atomic E-state index is -0.352. The zero-order valence-corrected chi connectivity index (χ0v) is 11.2. The van der Waals surface area contributed by atoms with Crippen LogP contribution in [0.2, 0.25) is 0 Å². The Labute approximate surface area is 114 Å². The molecular weight excluding hydrogens is 264 g/mol. The molecule has 0 radical (unpaired) electrons. The van der Waals surface area contributed by atoms with E-state index >= 15 is 0 Å². The average molecular weight is 278 g/mol. The number of hydrogen-bond donors (Lipinski definition) is 1. The molecule has 2 aromatic rings. The van der Waals surface area contributed by atoms with Gasteiger partial charge in [-0.25, -0.2) is 4.98 Å². The highest BCUT2D eigenvalue weighted by atomic mass is 16.6. The molecule has 0 spiro atoms. The fourth-order valence-electron chi connectivity index (χ4n) is 2.01. The van der Waals surface area contributed by atoms with Crippen molar-refractivity contribution in [1.29, 1.82) is 0 Å². The van der Waals surface area contributed by atoms with Crippen molar-refractivity contribution >= 4 is 11.2 Å². The first-order chi connectivity index (χ1) is 9.67. The summed E-state index contributed by atoms with van der Waals surface area (Å²) in [4.78, 5) is 26.9. The van der Waals surface area contributed by atoms with Crippen LogP contribution >= 0.6 is 0 Å². The molecule has 8 nitrogen and oxygen atoms in total. The molecule has 0 bridgehead atoms. The van der Waals surface area contributed by atoms with Crippen LogP contribution in [0.3, 0.4) is 0 Å². The smallest absolute Gasteiger partial charge is 0.279 e. The third kappa shape index (κ3) is 2.29. The molecule has 1 aliphatic rings. The molecule has 2 aromatic heterocycles. The number of nitrogens with one attached hydrogen (secondary N) is 1. The topological polar surface area (TPSA) is 99.2 Å². The predicted molar refractivity (Wildman–Crippen MR) is 69.1 cm³/mol. The predicted octanol–water partition coefficient (Wildman–Crippen LogP) is 0.198. The largest absolute Gasteiger partial charge is 0.477 e. The fourth-order valence-corrected chi connectivity index (χ4v) is 2.01. The highest BCUT2D eigenvalue weighted by molar-refractivity contribution is 5.70. The Morgan fingerprint density at radius 1 is 1.30 bits per heavy atom. The van der Waals surface area contributed by atoms with Gasteiger partial charge in [-0.05, 0) is 6.92 Å². The van der Waals surface area contributed by atoms with Crippen molar-refractivity contribution < 1.29 is 14.2 Å². The van der Waals surface area contributed by atoms with Crippen molar-refractivity contribution in [1.82, 2.24) is 19.9 Å². The lowest BCUT2D eigenvalue weighted by Gasteiger charge is -2.13. The van der Waals surface area contributed by atoms with Crippen molar-refractivity contribution in [3.05, 3.63) is 16.2 Å². The first kappa shape index (κ1) is 12.8. The van der Waals surface area contributed by atoms with Crippen LogP contribution in [0.5, 0.6) is 11.8 Å². The third-order valence-electron chi connectivity index (χ3n) is 2.96. The third-order valence-corrected chi connectivity index (χ3v) is 2.96. The number of ether oxygens (including phenoxy) is 3. The molecule has 3 heterocycles. The summed E-state index contributed by atoms with van der Waals surface area (Å²) in [5.41, 5.74) is 0.0126. The minimum absolute atomic E-state index is 0.104. The molecule has 0 unspecified atom stereocenters.